The molecule has 1 aliphatic carbocycles. The molecule has 0 radical (unpaired) electrons. The predicted octanol–water partition coefficient (Wildman–Crippen LogP) is 4.05. The van der Waals surface area contributed by atoms with Crippen molar-refractivity contribution in [1.82, 2.24) is 14.6 Å². The van der Waals surface area contributed by atoms with Crippen LogP contribution in [-0.4, -0.2) is 20.6 Å². The molecule has 1 saturated carbocycles. The van der Waals surface area contributed by atoms with Gasteiger partial charge in [-0.25, -0.2) is 9.66 Å². The van der Waals surface area contributed by atoms with Crippen LogP contribution in [0.4, 0.5) is 0 Å². The average molecular weight is 324 g/mol. The zero-order valence-corrected chi connectivity index (χ0v) is 14.8. The molecule has 1 aliphatic heterocycles. The van der Waals surface area contributed by atoms with Crippen molar-refractivity contribution in [3.05, 3.63) is 42.4 Å². The van der Waals surface area contributed by atoms with Crippen molar-refractivity contribution in [2.24, 2.45) is 11.3 Å². The highest BCUT2D eigenvalue weighted by Crippen LogP contribution is 2.55. The van der Waals surface area contributed by atoms with Gasteiger partial charge in [-0.15, -0.1) is 0 Å². The van der Waals surface area contributed by atoms with E-state index in [9.17, 15) is 0 Å². The van der Waals surface area contributed by atoms with Gasteiger partial charge in [-0.05, 0) is 37.3 Å². The summed E-state index contributed by atoms with van der Waals surface area (Å²) in [5.74, 6) is 7.98. The lowest BCUT2D eigenvalue weighted by atomic mass is 9.68. The molecule has 3 atom stereocenters. The Kier molecular flexibility index (Phi) is 3.59. The first kappa shape index (κ1) is 15.6. The minimum absolute atomic E-state index is 0.219. The van der Waals surface area contributed by atoms with E-state index in [1.54, 1.807) is 4.68 Å². The minimum Gasteiger partial charge on any atom is -0.364 e. The molecule has 2 heterocycles. The Morgan fingerprint density at radius 1 is 1.29 bits per heavy atom. The number of aromatic nitrogens is 2. The third kappa shape index (κ3) is 2.08. The van der Waals surface area contributed by atoms with Crippen LogP contribution in [0.3, 0.4) is 0 Å². The number of nitrogens with two attached hydrogens (primary N) is 1. The fourth-order valence-corrected chi connectivity index (χ4v) is 5.01. The fraction of sp³-hybridized carbons (Fsp3) is 0.550. The molecule has 0 spiro atoms. The maximum Gasteiger partial charge on any atom is 0.147 e. The van der Waals surface area contributed by atoms with Gasteiger partial charge >= 0.3 is 0 Å². The van der Waals surface area contributed by atoms with Crippen LogP contribution < -0.4 is 5.84 Å². The molecule has 3 unspecified atom stereocenters. The zero-order valence-electron chi connectivity index (χ0n) is 14.8. The quantitative estimate of drug-likeness (QED) is 0.866. The Morgan fingerprint density at radius 3 is 2.79 bits per heavy atom. The highest BCUT2D eigenvalue weighted by molar-refractivity contribution is 5.75. The molecule has 1 aromatic carbocycles. The SMILES string of the molecule is C=C1N(Cc2nc3ccccc3n2N)C2CCCCC2C1(C)CC. The van der Waals surface area contributed by atoms with E-state index in [1.165, 1.54) is 31.4 Å². The van der Waals surface area contributed by atoms with Gasteiger partial charge in [0.2, 0.25) is 0 Å². The lowest BCUT2D eigenvalue weighted by Gasteiger charge is -2.35. The number of allylic oxidation sites excluding steroid dienone is 1. The molecule has 2 aliphatic rings. The summed E-state index contributed by atoms with van der Waals surface area (Å²) in [6, 6.07) is 8.68. The second kappa shape index (κ2) is 5.54. The summed E-state index contributed by atoms with van der Waals surface area (Å²) in [7, 11) is 0. The van der Waals surface area contributed by atoms with Crippen molar-refractivity contribution in [1.29, 1.82) is 0 Å². The second-order valence-corrected chi connectivity index (χ2v) is 7.69. The van der Waals surface area contributed by atoms with Crippen molar-refractivity contribution >= 4 is 11.0 Å². The number of rotatable bonds is 3. The molecule has 0 bridgehead atoms. The Labute approximate surface area is 144 Å². The number of nitrogens with zero attached hydrogens (tertiary/aromatic N) is 3. The third-order valence-corrected chi connectivity index (χ3v) is 6.67. The molecular formula is C20H28N4. The lowest BCUT2D eigenvalue weighted by molar-refractivity contribution is 0.155. The van der Waals surface area contributed by atoms with Crippen LogP contribution in [0.25, 0.3) is 11.0 Å². The summed E-state index contributed by atoms with van der Waals surface area (Å²) < 4.78 is 1.75. The van der Waals surface area contributed by atoms with E-state index in [4.69, 9.17) is 10.8 Å². The van der Waals surface area contributed by atoms with E-state index in [2.05, 4.69) is 25.3 Å². The standard InChI is InChI=1S/C20H28N4/c1-4-20(3)14(2)23(17-11-7-5-9-15(17)20)13-19-22-16-10-6-8-12-18(16)24(19)21/h6,8,10,12,15,17H,2,4-5,7,9,11,13,21H2,1,3H3. The van der Waals surface area contributed by atoms with Crippen LogP contribution in [0.15, 0.2) is 36.5 Å². The highest BCUT2D eigenvalue weighted by Gasteiger charge is 2.51. The molecule has 24 heavy (non-hydrogen) atoms. The Hall–Kier alpha value is -1.97. The van der Waals surface area contributed by atoms with Crippen molar-refractivity contribution in [3.8, 4) is 0 Å². The molecule has 2 N–H and O–H groups in total. The number of fused-ring (bicyclic) bond motifs is 2. The lowest BCUT2D eigenvalue weighted by Crippen LogP contribution is -2.35. The van der Waals surface area contributed by atoms with Gasteiger partial charge in [-0.3, -0.25) is 0 Å². The van der Waals surface area contributed by atoms with E-state index in [1.807, 2.05) is 24.3 Å². The van der Waals surface area contributed by atoms with Crippen LogP contribution in [0.5, 0.6) is 0 Å². The summed E-state index contributed by atoms with van der Waals surface area (Å²) in [6.45, 7) is 9.99. The van der Waals surface area contributed by atoms with Gasteiger partial charge in [0.1, 0.15) is 5.82 Å². The molecule has 128 valence electrons. The van der Waals surface area contributed by atoms with Gasteiger partial charge in [-0.2, -0.15) is 0 Å². The van der Waals surface area contributed by atoms with Crippen molar-refractivity contribution < 1.29 is 0 Å². The van der Waals surface area contributed by atoms with Gasteiger partial charge in [0.05, 0.1) is 17.6 Å². The topological polar surface area (TPSA) is 47.1 Å². The summed E-state index contributed by atoms with van der Waals surface area (Å²) in [5.41, 5.74) is 3.47. The molecule has 0 amide bonds. The number of para-hydroxylation sites is 2. The predicted molar refractivity (Wildman–Crippen MR) is 98.7 cm³/mol. The van der Waals surface area contributed by atoms with E-state index >= 15 is 0 Å². The van der Waals surface area contributed by atoms with Crippen LogP contribution in [0.1, 0.15) is 51.8 Å². The number of likely N-dealkylation sites (tertiary alicyclic amines) is 1. The maximum absolute atomic E-state index is 6.33. The Morgan fingerprint density at radius 2 is 2.04 bits per heavy atom. The van der Waals surface area contributed by atoms with Crippen LogP contribution >= 0.6 is 0 Å². The number of imidazole rings is 1. The van der Waals surface area contributed by atoms with Gasteiger partial charge in [0, 0.05) is 17.2 Å². The number of benzene rings is 1. The van der Waals surface area contributed by atoms with E-state index in [-0.39, 0.29) is 5.41 Å². The van der Waals surface area contributed by atoms with E-state index < -0.39 is 0 Å². The van der Waals surface area contributed by atoms with Crippen LogP contribution in [0, 0.1) is 11.3 Å². The van der Waals surface area contributed by atoms with Gasteiger partial charge in [-0.1, -0.05) is 45.4 Å². The molecule has 4 heteroatoms. The van der Waals surface area contributed by atoms with Gasteiger partial charge in [0.15, 0.2) is 0 Å². The second-order valence-electron chi connectivity index (χ2n) is 7.69. The largest absolute Gasteiger partial charge is 0.364 e. The number of nitrogen functional groups attached to an aromatic ring is 1. The minimum atomic E-state index is 0.219. The first-order valence-corrected chi connectivity index (χ1v) is 9.23. The number of hydrogen-bond acceptors (Lipinski definition) is 3. The molecule has 2 fully saturated rings. The average Bonchev–Trinajstić information content (AvgIpc) is 3.04. The summed E-state index contributed by atoms with van der Waals surface area (Å²) in [6.07, 6.45) is 6.42. The van der Waals surface area contributed by atoms with Crippen molar-refractivity contribution in [3.63, 3.8) is 0 Å². The van der Waals surface area contributed by atoms with E-state index in [0.717, 1.165) is 35.7 Å². The highest BCUT2D eigenvalue weighted by atomic mass is 15.4. The van der Waals surface area contributed by atoms with Crippen molar-refractivity contribution in [2.45, 2.75) is 58.5 Å². The molecule has 2 aromatic rings. The normalized spacial score (nSPS) is 30.1. The molecule has 4 rings (SSSR count). The summed E-state index contributed by atoms with van der Waals surface area (Å²) in [4.78, 5) is 7.29. The molecule has 1 aromatic heterocycles. The van der Waals surface area contributed by atoms with Gasteiger partial charge < -0.3 is 10.7 Å². The fourth-order valence-electron chi connectivity index (χ4n) is 5.01. The molecular weight excluding hydrogens is 296 g/mol. The van der Waals surface area contributed by atoms with Crippen LogP contribution in [0.2, 0.25) is 0 Å². The maximum atomic E-state index is 6.33. The first-order valence-electron chi connectivity index (χ1n) is 9.23. The third-order valence-electron chi connectivity index (χ3n) is 6.67. The molecule has 1 saturated heterocycles. The monoisotopic (exact) mass is 324 g/mol. The van der Waals surface area contributed by atoms with Crippen LogP contribution in [-0.2, 0) is 6.54 Å². The summed E-state index contributed by atoms with van der Waals surface area (Å²) >= 11 is 0. The van der Waals surface area contributed by atoms with E-state index in [0.29, 0.717) is 6.04 Å². The van der Waals surface area contributed by atoms with Gasteiger partial charge in [0.25, 0.3) is 0 Å². The zero-order chi connectivity index (χ0) is 16.9. The number of hydrogen-bond donors (Lipinski definition) is 1. The van der Waals surface area contributed by atoms with Crippen molar-refractivity contribution in [2.75, 3.05) is 5.84 Å². The Bertz CT molecular complexity index is 777. The molecule has 4 nitrogen and oxygen atoms in total. The first-order chi connectivity index (χ1) is 11.6. The smallest absolute Gasteiger partial charge is 0.147 e. The summed E-state index contributed by atoms with van der Waals surface area (Å²) in [5, 5.41) is 0. The Balaban J connectivity index is 1.70.